The number of anilines is 2. The number of phenolic OH excluding ortho intramolecular Hbond substituents is 2. The molecule has 19 heavy (non-hydrogen) atoms. The maximum Gasteiger partial charge on any atom is 0.127 e. The molecule has 0 aliphatic heterocycles. The zero-order valence-electron chi connectivity index (χ0n) is 10.3. The lowest BCUT2D eigenvalue weighted by atomic mass is 10.0. The Bertz CT molecular complexity index is 565. The molecule has 0 fully saturated rings. The molecule has 5 heteroatoms. The average molecular weight is 260 g/mol. The third kappa shape index (κ3) is 2.71. The van der Waals surface area contributed by atoms with Crippen LogP contribution in [0, 0.1) is 0 Å². The third-order valence-corrected chi connectivity index (χ3v) is 2.76. The number of benzene rings is 2. The molecule has 0 atom stereocenters. The summed E-state index contributed by atoms with van der Waals surface area (Å²) >= 11 is 0. The fraction of sp³-hybridized carbons (Fsp3) is 0.143. The SMILES string of the molecule is Nc1ccc(NCCO)c(-c2c(O)cccc2O)c1. The lowest BCUT2D eigenvalue weighted by Crippen LogP contribution is -2.06. The second kappa shape index (κ2) is 5.49. The Balaban J connectivity index is 2.56. The molecule has 0 heterocycles. The van der Waals surface area contributed by atoms with Crippen molar-refractivity contribution in [1.29, 1.82) is 0 Å². The van der Waals surface area contributed by atoms with Crippen LogP contribution in [0.4, 0.5) is 11.4 Å². The number of aromatic hydroxyl groups is 2. The molecule has 2 rings (SSSR count). The van der Waals surface area contributed by atoms with Gasteiger partial charge in [-0.3, -0.25) is 0 Å². The lowest BCUT2D eigenvalue weighted by molar-refractivity contribution is 0.311. The van der Waals surface area contributed by atoms with Gasteiger partial charge in [-0.15, -0.1) is 0 Å². The number of hydrogen-bond donors (Lipinski definition) is 5. The second-order valence-corrected chi connectivity index (χ2v) is 4.13. The number of nitrogens with two attached hydrogens (primary N) is 1. The zero-order valence-corrected chi connectivity index (χ0v) is 10.3. The Morgan fingerprint density at radius 1 is 1.05 bits per heavy atom. The Morgan fingerprint density at radius 2 is 1.74 bits per heavy atom. The third-order valence-electron chi connectivity index (χ3n) is 2.76. The van der Waals surface area contributed by atoms with Gasteiger partial charge in [-0.25, -0.2) is 0 Å². The number of nitrogen functional groups attached to an aromatic ring is 1. The summed E-state index contributed by atoms with van der Waals surface area (Å²) in [6.07, 6.45) is 0. The molecule has 0 spiro atoms. The fourth-order valence-electron chi connectivity index (χ4n) is 1.92. The first-order chi connectivity index (χ1) is 9.13. The van der Waals surface area contributed by atoms with Crippen molar-refractivity contribution in [2.75, 3.05) is 24.2 Å². The van der Waals surface area contributed by atoms with E-state index < -0.39 is 0 Å². The average Bonchev–Trinajstić information content (AvgIpc) is 2.37. The highest BCUT2D eigenvalue weighted by Crippen LogP contribution is 2.41. The summed E-state index contributed by atoms with van der Waals surface area (Å²) in [5.74, 6) is -0.0599. The topological polar surface area (TPSA) is 98.7 Å². The van der Waals surface area contributed by atoms with Gasteiger partial charge in [0.15, 0.2) is 0 Å². The van der Waals surface area contributed by atoms with Crippen LogP contribution in [0.3, 0.4) is 0 Å². The molecule has 5 nitrogen and oxygen atoms in total. The molecular formula is C14H16N2O3. The zero-order chi connectivity index (χ0) is 13.8. The minimum absolute atomic E-state index is 0.0173. The molecule has 0 saturated heterocycles. The van der Waals surface area contributed by atoms with Crippen LogP contribution in [0.15, 0.2) is 36.4 Å². The van der Waals surface area contributed by atoms with Gasteiger partial charge >= 0.3 is 0 Å². The lowest BCUT2D eigenvalue weighted by Gasteiger charge is -2.14. The molecule has 100 valence electrons. The molecule has 0 aliphatic carbocycles. The van der Waals surface area contributed by atoms with Crippen molar-refractivity contribution in [3.05, 3.63) is 36.4 Å². The Morgan fingerprint density at radius 3 is 2.37 bits per heavy atom. The second-order valence-electron chi connectivity index (χ2n) is 4.13. The van der Waals surface area contributed by atoms with Crippen molar-refractivity contribution < 1.29 is 15.3 Å². The highest BCUT2D eigenvalue weighted by atomic mass is 16.3. The van der Waals surface area contributed by atoms with Crippen molar-refractivity contribution in [2.24, 2.45) is 0 Å². The van der Waals surface area contributed by atoms with Gasteiger partial charge in [-0.2, -0.15) is 0 Å². The van der Waals surface area contributed by atoms with Crippen LogP contribution < -0.4 is 11.1 Å². The van der Waals surface area contributed by atoms with Crippen LogP contribution in [0.5, 0.6) is 11.5 Å². The van der Waals surface area contributed by atoms with Crippen LogP contribution in [-0.4, -0.2) is 28.5 Å². The van der Waals surface area contributed by atoms with E-state index in [1.165, 1.54) is 12.1 Å². The van der Waals surface area contributed by atoms with Crippen LogP contribution >= 0.6 is 0 Å². The van der Waals surface area contributed by atoms with E-state index >= 15 is 0 Å². The van der Waals surface area contributed by atoms with E-state index in [9.17, 15) is 10.2 Å². The first-order valence-electron chi connectivity index (χ1n) is 5.89. The van der Waals surface area contributed by atoms with E-state index in [2.05, 4.69) is 5.32 Å². The van der Waals surface area contributed by atoms with Gasteiger partial charge in [0.25, 0.3) is 0 Å². The van der Waals surface area contributed by atoms with Crippen molar-refractivity contribution in [2.45, 2.75) is 0 Å². The van der Waals surface area contributed by atoms with E-state index in [0.29, 0.717) is 29.0 Å². The molecule has 0 radical (unpaired) electrons. The molecule has 0 aliphatic rings. The minimum atomic E-state index is -0.0300. The highest BCUT2D eigenvalue weighted by molar-refractivity contribution is 5.87. The first-order valence-corrected chi connectivity index (χ1v) is 5.89. The summed E-state index contributed by atoms with van der Waals surface area (Å²) in [5, 5.41) is 31.7. The number of rotatable bonds is 4. The quantitative estimate of drug-likeness (QED) is 0.539. The van der Waals surface area contributed by atoms with Gasteiger partial charge in [0.2, 0.25) is 0 Å². The smallest absolute Gasteiger partial charge is 0.127 e. The molecule has 0 bridgehead atoms. The van der Waals surface area contributed by atoms with Gasteiger partial charge in [0.1, 0.15) is 11.5 Å². The first kappa shape index (κ1) is 13.0. The summed E-state index contributed by atoms with van der Waals surface area (Å²) in [4.78, 5) is 0. The minimum Gasteiger partial charge on any atom is -0.507 e. The van der Waals surface area contributed by atoms with Crippen LogP contribution in [0.1, 0.15) is 0 Å². The molecule has 0 aromatic heterocycles. The number of phenols is 2. The van der Waals surface area contributed by atoms with Crippen LogP contribution in [0.25, 0.3) is 11.1 Å². The summed E-state index contributed by atoms with van der Waals surface area (Å²) in [6.45, 7) is 0.349. The standard InChI is InChI=1S/C14H16N2O3/c15-9-4-5-11(16-6-7-17)10(8-9)14-12(18)2-1-3-13(14)19/h1-5,8,16-19H,6-7,15H2. The van der Waals surface area contributed by atoms with Crippen molar-refractivity contribution in [3.63, 3.8) is 0 Å². The molecule has 2 aromatic rings. The van der Waals surface area contributed by atoms with E-state index in [-0.39, 0.29) is 18.1 Å². The largest absolute Gasteiger partial charge is 0.507 e. The van der Waals surface area contributed by atoms with Gasteiger partial charge in [-0.1, -0.05) is 6.07 Å². The number of nitrogens with one attached hydrogen (secondary N) is 1. The monoisotopic (exact) mass is 260 g/mol. The summed E-state index contributed by atoms with van der Waals surface area (Å²) < 4.78 is 0. The summed E-state index contributed by atoms with van der Waals surface area (Å²) in [6, 6.07) is 9.66. The Hall–Kier alpha value is -2.40. The molecule has 6 N–H and O–H groups in total. The summed E-state index contributed by atoms with van der Waals surface area (Å²) in [7, 11) is 0. The van der Waals surface area contributed by atoms with Crippen LogP contribution in [0.2, 0.25) is 0 Å². The van der Waals surface area contributed by atoms with Gasteiger partial charge < -0.3 is 26.4 Å². The predicted octanol–water partition coefficient (Wildman–Crippen LogP) is 1.75. The number of aliphatic hydroxyl groups is 1. The van der Waals surface area contributed by atoms with E-state index in [1.54, 1.807) is 24.3 Å². The molecule has 0 amide bonds. The van der Waals surface area contributed by atoms with Crippen molar-refractivity contribution in [3.8, 4) is 22.6 Å². The normalized spacial score (nSPS) is 10.4. The maximum absolute atomic E-state index is 9.91. The fourth-order valence-corrected chi connectivity index (χ4v) is 1.92. The van der Waals surface area contributed by atoms with Crippen LogP contribution in [-0.2, 0) is 0 Å². The van der Waals surface area contributed by atoms with Crippen molar-refractivity contribution >= 4 is 11.4 Å². The van der Waals surface area contributed by atoms with Gasteiger partial charge in [0.05, 0.1) is 12.2 Å². The van der Waals surface area contributed by atoms with Gasteiger partial charge in [0, 0.05) is 23.5 Å². The molecule has 0 unspecified atom stereocenters. The van der Waals surface area contributed by atoms with E-state index in [0.717, 1.165) is 0 Å². The summed E-state index contributed by atoms with van der Waals surface area (Å²) in [5.41, 5.74) is 7.86. The number of hydrogen-bond acceptors (Lipinski definition) is 5. The maximum atomic E-state index is 9.91. The Labute approximate surface area is 110 Å². The van der Waals surface area contributed by atoms with Gasteiger partial charge in [-0.05, 0) is 30.3 Å². The van der Waals surface area contributed by atoms with E-state index in [1.807, 2.05) is 0 Å². The van der Waals surface area contributed by atoms with Crippen molar-refractivity contribution in [1.82, 2.24) is 0 Å². The van der Waals surface area contributed by atoms with E-state index in [4.69, 9.17) is 10.8 Å². The molecule has 0 saturated carbocycles. The molecule has 2 aromatic carbocycles. The predicted molar refractivity (Wildman–Crippen MR) is 75.2 cm³/mol. The number of aliphatic hydroxyl groups excluding tert-OH is 1. The molecular weight excluding hydrogens is 244 g/mol. The highest BCUT2D eigenvalue weighted by Gasteiger charge is 2.14. The Kier molecular flexibility index (Phi) is 3.77.